The first-order valence-corrected chi connectivity index (χ1v) is 6.96. The number of para-hydroxylation sites is 1. The highest BCUT2D eigenvalue weighted by molar-refractivity contribution is 7.80. The second-order valence-electron chi connectivity index (χ2n) is 4.31. The molecule has 0 saturated heterocycles. The van der Waals surface area contributed by atoms with Crippen molar-refractivity contribution >= 4 is 40.8 Å². The summed E-state index contributed by atoms with van der Waals surface area (Å²) in [6.45, 7) is 0. The van der Waals surface area contributed by atoms with Gasteiger partial charge in [0.15, 0.2) is 5.11 Å². The van der Waals surface area contributed by atoms with Gasteiger partial charge in [-0.15, -0.1) is 0 Å². The van der Waals surface area contributed by atoms with Crippen LogP contribution in [-0.2, 0) is 14.3 Å². The molecule has 0 radical (unpaired) electrons. The Labute approximate surface area is 141 Å². The Morgan fingerprint density at radius 3 is 2.50 bits per heavy atom. The lowest BCUT2D eigenvalue weighted by atomic mass is 10.2. The zero-order valence-electron chi connectivity index (χ0n) is 12.5. The number of ether oxygens (including phenoxy) is 1. The third kappa shape index (κ3) is 5.96. The molecule has 0 atom stereocenters. The summed E-state index contributed by atoms with van der Waals surface area (Å²) in [7, 11) is 1.20. The molecule has 1 aromatic carbocycles. The van der Waals surface area contributed by atoms with Gasteiger partial charge in [0.05, 0.1) is 18.5 Å². The third-order valence-electron chi connectivity index (χ3n) is 2.67. The highest BCUT2D eigenvalue weighted by Gasteiger charge is 2.19. The Balaban J connectivity index is 2.50. The molecule has 1 aromatic rings. The quantitative estimate of drug-likeness (QED) is 0.294. The lowest BCUT2D eigenvalue weighted by molar-refractivity contribution is -0.385. The third-order valence-corrected chi connectivity index (χ3v) is 2.88. The number of carbonyl (C=O) groups excluding carboxylic acids is 3. The number of benzene rings is 1. The first kappa shape index (κ1) is 19.0. The van der Waals surface area contributed by atoms with Crippen molar-refractivity contribution in [1.82, 2.24) is 16.2 Å². The van der Waals surface area contributed by atoms with Gasteiger partial charge in [-0.05, 0) is 18.3 Å². The maximum absolute atomic E-state index is 11.9. The monoisotopic (exact) mass is 354 g/mol. The van der Waals surface area contributed by atoms with Crippen molar-refractivity contribution in [2.45, 2.75) is 12.8 Å². The Bertz CT molecular complexity index is 678. The molecular weight excluding hydrogens is 340 g/mol. The second kappa shape index (κ2) is 9.15. The van der Waals surface area contributed by atoms with Crippen molar-refractivity contribution in [1.29, 1.82) is 0 Å². The number of hydrazine groups is 1. The Morgan fingerprint density at radius 2 is 1.88 bits per heavy atom. The van der Waals surface area contributed by atoms with Crippen LogP contribution in [0.1, 0.15) is 23.2 Å². The molecule has 0 spiro atoms. The topological polar surface area (TPSA) is 140 Å². The molecule has 0 aliphatic rings. The van der Waals surface area contributed by atoms with Gasteiger partial charge in [-0.1, -0.05) is 12.1 Å². The SMILES string of the molecule is COC(=O)CCC(=O)NC(=S)NNC(=O)c1ccccc1[N+](=O)[O-]. The summed E-state index contributed by atoms with van der Waals surface area (Å²) in [6, 6.07) is 5.35. The molecular formula is C13H14N4O6S. The smallest absolute Gasteiger partial charge is 0.306 e. The number of amides is 2. The number of nitro benzene ring substituents is 1. The standard InChI is InChI=1S/C13H14N4O6S/c1-23-11(19)7-6-10(18)14-13(24)16-15-12(20)8-4-2-3-5-9(8)17(21)22/h2-5H,6-7H2,1H3,(H,15,20)(H2,14,16,18,24). The first-order valence-electron chi connectivity index (χ1n) is 6.55. The number of hydrogen-bond acceptors (Lipinski definition) is 7. The van der Waals surface area contributed by atoms with Crippen LogP contribution in [0.4, 0.5) is 5.69 Å². The van der Waals surface area contributed by atoms with E-state index in [1.165, 1.54) is 31.4 Å². The molecule has 0 aliphatic carbocycles. The van der Waals surface area contributed by atoms with E-state index in [1.807, 2.05) is 0 Å². The van der Waals surface area contributed by atoms with Crippen LogP contribution in [0.5, 0.6) is 0 Å². The van der Waals surface area contributed by atoms with Crippen LogP contribution in [0, 0.1) is 10.1 Å². The maximum Gasteiger partial charge on any atom is 0.306 e. The number of nitrogens with one attached hydrogen (secondary N) is 3. The minimum atomic E-state index is -0.798. The number of esters is 1. The number of nitro groups is 1. The van der Waals surface area contributed by atoms with Crippen molar-refractivity contribution in [3.8, 4) is 0 Å². The Hall–Kier alpha value is -3.08. The summed E-state index contributed by atoms with van der Waals surface area (Å²) in [6.07, 6.45) is -0.264. The minimum absolute atomic E-state index is 0.118. The van der Waals surface area contributed by atoms with Crippen molar-refractivity contribution in [3.05, 3.63) is 39.9 Å². The summed E-state index contributed by atoms with van der Waals surface area (Å²) >= 11 is 4.78. The number of thiocarbonyl (C=S) groups is 1. The second-order valence-corrected chi connectivity index (χ2v) is 4.72. The van der Waals surface area contributed by atoms with Crippen molar-refractivity contribution in [2.75, 3.05) is 7.11 Å². The fourth-order valence-electron chi connectivity index (χ4n) is 1.54. The molecule has 0 aliphatic heterocycles. The van der Waals surface area contributed by atoms with Crippen molar-refractivity contribution in [2.24, 2.45) is 0 Å². The van der Waals surface area contributed by atoms with Gasteiger partial charge in [0.2, 0.25) is 5.91 Å². The molecule has 3 N–H and O–H groups in total. The molecule has 0 aromatic heterocycles. The van der Waals surface area contributed by atoms with Crippen molar-refractivity contribution in [3.63, 3.8) is 0 Å². The van der Waals surface area contributed by atoms with Gasteiger partial charge < -0.3 is 10.1 Å². The van der Waals surface area contributed by atoms with E-state index in [-0.39, 0.29) is 29.2 Å². The fourth-order valence-corrected chi connectivity index (χ4v) is 1.71. The average molecular weight is 354 g/mol. The predicted octanol–water partition coefficient (Wildman–Crippen LogP) is 0.184. The highest BCUT2D eigenvalue weighted by Crippen LogP contribution is 2.16. The number of rotatable bonds is 5. The fraction of sp³-hybridized carbons (Fsp3) is 0.231. The molecule has 0 fully saturated rings. The number of hydrogen-bond donors (Lipinski definition) is 3. The minimum Gasteiger partial charge on any atom is -0.469 e. The van der Waals surface area contributed by atoms with Crippen molar-refractivity contribution < 1.29 is 24.0 Å². The molecule has 0 bridgehead atoms. The van der Waals surface area contributed by atoms with Gasteiger partial charge in [0.1, 0.15) is 5.56 Å². The van der Waals surface area contributed by atoms with Gasteiger partial charge in [-0.25, -0.2) is 0 Å². The average Bonchev–Trinajstić information content (AvgIpc) is 2.57. The van der Waals surface area contributed by atoms with E-state index in [4.69, 9.17) is 12.2 Å². The molecule has 2 amide bonds. The summed E-state index contributed by atoms with van der Waals surface area (Å²) in [5.74, 6) is -1.90. The summed E-state index contributed by atoms with van der Waals surface area (Å²) in [4.78, 5) is 44.4. The van der Waals surface area contributed by atoms with Gasteiger partial charge in [0, 0.05) is 12.5 Å². The number of carbonyl (C=O) groups is 3. The van der Waals surface area contributed by atoms with Gasteiger partial charge in [-0.2, -0.15) is 0 Å². The molecule has 128 valence electrons. The zero-order valence-corrected chi connectivity index (χ0v) is 13.3. The maximum atomic E-state index is 11.9. The van der Waals surface area contributed by atoms with Gasteiger partial charge in [0.25, 0.3) is 11.6 Å². The van der Waals surface area contributed by atoms with E-state index in [1.54, 1.807) is 0 Å². The van der Waals surface area contributed by atoms with E-state index in [0.717, 1.165) is 0 Å². The summed E-state index contributed by atoms with van der Waals surface area (Å²) in [5, 5.41) is 12.8. The first-order chi connectivity index (χ1) is 11.3. The van der Waals surface area contributed by atoms with Crippen LogP contribution in [0.2, 0.25) is 0 Å². The molecule has 24 heavy (non-hydrogen) atoms. The van der Waals surface area contributed by atoms with Crippen LogP contribution in [0.15, 0.2) is 24.3 Å². The molecule has 0 unspecified atom stereocenters. The van der Waals surface area contributed by atoms with E-state index in [0.29, 0.717) is 0 Å². The van der Waals surface area contributed by atoms with Crippen LogP contribution in [0.3, 0.4) is 0 Å². The molecule has 0 saturated carbocycles. The number of nitrogens with zero attached hydrogens (tertiary/aromatic N) is 1. The Kier molecular flexibility index (Phi) is 7.23. The number of methoxy groups -OCH3 is 1. The van der Waals surface area contributed by atoms with E-state index in [9.17, 15) is 24.5 Å². The normalized spacial score (nSPS) is 9.54. The van der Waals surface area contributed by atoms with Gasteiger partial charge in [-0.3, -0.25) is 35.3 Å². The Morgan fingerprint density at radius 1 is 1.21 bits per heavy atom. The predicted molar refractivity (Wildman–Crippen MR) is 85.7 cm³/mol. The van der Waals surface area contributed by atoms with E-state index in [2.05, 4.69) is 20.9 Å². The zero-order chi connectivity index (χ0) is 18.1. The molecule has 1 rings (SSSR count). The van der Waals surface area contributed by atoms with Crippen LogP contribution < -0.4 is 16.2 Å². The molecule has 0 heterocycles. The van der Waals surface area contributed by atoms with Crippen LogP contribution >= 0.6 is 12.2 Å². The van der Waals surface area contributed by atoms with E-state index < -0.39 is 22.7 Å². The largest absolute Gasteiger partial charge is 0.469 e. The summed E-state index contributed by atoms with van der Waals surface area (Å²) in [5.41, 5.74) is 3.83. The lowest BCUT2D eigenvalue weighted by Gasteiger charge is -2.10. The molecule has 10 nitrogen and oxygen atoms in total. The van der Waals surface area contributed by atoms with Gasteiger partial charge >= 0.3 is 5.97 Å². The van der Waals surface area contributed by atoms with Crippen LogP contribution in [0.25, 0.3) is 0 Å². The molecule has 11 heteroatoms. The van der Waals surface area contributed by atoms with E-state index >= 15 is 0 Å². The lowest BCUT2D eigenvalue weighted by Crippen LogP contribution is -2.48. The summed E-state index contributed by atoms with van der Waals surface area (Å²) < 4.78 is 4.38. The van der Waals surface area contributed by atoms with Crippen LogP contribution in [-0.4, -0.2) is 34.9 Å². The highest BCUT2D eigenvalue weighted by atomic mass is 32.1.